The van der Waals surface area contributed by atoms with Gasteiger partial charge in [0.15, 0.2) is 0 Å². The molecule has 2 aliphatic heterocycles. The Labute approximate surface area is 145 Å². The molecule has 0 aromatic heterocycles. The number of hydrogen-bond donors (Lipinski definition) is 1. The first-order valence-corrected chi connectivity index (χ1v) is 9.18. The zero-order valence-corrected chi connectivity index (χ0v) is 15.0. The molecule has 0 saturated carbocycles. The standard InChI is InChI=1S/C19H31N3O2/c1-3-17-13-20(2)19-7-5-4-6-16(19)12-22(17)15-18(23)14-21-8-10-24-11-9-21/h4-7,17-18,23H,3,8-15H2,1-2H3/t17-,18-/m0/s1. The third-order valence-electron chi connectivity index (χ3n) is 5.27. The highest BCUT2D eigenvalue weighted by atomic mass is 16.5. The lowest BCUT2D eigenvalue weighted by Gasteiger charge is -2.34. The van der Waals surface area contributed by atoms with Crippen LogP contribution in [0.5, 0.6) is 0 Å². The Morgan fingerprint density at radius 2 is 1.96 bits per heavy atom. The van der Waals surface area contributed by atoms with Crippen molar-refractivity contribution in [1.82, 2.24) is 9.80 Å². The molecule has 1 N–H and O–H groups in total. The van der Waals surface area contributed by atoms with E-state index in [0.717, 1.165) is 58.9 Å². The number of fused-ring (bicyclic) bond motifs is 1. The molecule has 0 aliphatic carbocycles. The van der Waals surface area contributed by atoms with Gasteiger partial charge in [-0.15, -0.1) is 0 Å². The predicted octanol–water partition coefficient (Wildman–Crippen LogP) is 1.41. The molecule has 0 radical (unpaired) electrons. The van der Waals surface area contributed by atoms with Crippen LogP contribution in [0, 0.1) is 0 Å². The summed E-state index contributed by atoms with van der Waals surface area (Å²) < 4.78 is 5.39. The molecule has 2 heterocycles. The van der Waals surface area contributed by atoms with Gasteiger partial charge in [0.2, 0.25) is 0 Å². The van der Waals surface area contributed by atoms with Gasteiger partial charge in [-0.25, -0.2) is 0 Å². The van der Waals surface area contributed by atoms with E-state index in [2.05, 4.69) is 52.9 Å². The van der Waals surface area contributed by atoms with Crippen LogP contribution in [0.15, 0.2) is 24.3 Å². The first kappa shape index (κ1) is 17.7. The lowest BCUT2D eigenvalue weighted by Crippen LogP contribution is -2.48. The number of morpholine rings is 1. The Morgan fingerprint density at radius 1 is 1.21 bits per heavy atom. The maximum atomic E-state index is 10.6. The zero-order valence-electron chi connectivity index (χ0n) is 15.0. The zero-order chi connectivity index (χ0) is 16.9. The summed E-state index contributed by atoms with van der Waals surface area (Å²) in [7, 11) is 2.18. The summed E-state index contributed by atoms with van der Waals surface area (Å²) in [5.74, 6) is 0. The maximum absolute atomic E-state index is 10.6. The molecular weight excluding hydrogens is 302 g/mol. The fourth-order valence-corrected chi connectivity index (χ4v) is 3.91. The molecule has 2 aliphatic rings. The minimum atomic E-state index is -0.312. The van der Waals surface area contributed by atoms with Crippen LogP contribution < -0.4 is 4.90 Å². The van der Waals surface area contributed by atoms with Crippen molar-refractivity contribution in [1.29, 1.82) is 0 Å². The van der Waals surface area contributed by atoms with Crippen molar-refractivity contribution in [3.8, 4) is 0 Å². The molecule has 1 fully saturated rings. The summed E-state index contributed by atoms with van der Waals surface area (Å²) in [5.41, 5.74) is 2.68. The topological polar surface area (TPSA) is 39.2 Å². The van der Waals surface area contributed by atoms with Crippen LogP contribution in [0.1, 0.15) is 18.9 Å². The van der Waals surface area contributed by atoms with E-state index in [4.69, 9.17) is 4.74 Å². The van der Waals surface area contributed by atoms with Crippen molar-refractivity contribution in [2.45, 2.75) is 32.0 Å². The molecule has 1 aromatic rings. The molecular formula is C19H31N3O2. The smallest absolute Gasteiger partial charge is 0.0794 e. The van der Waals surface area contributed by atoms with Crippen molar-refractivity contribution in [2.24, 2.45) is 0 Å². The molecule has 0 spiro atoms. The molecule has 1 saturated heterocycles. The van der Waals surface area contributed by atoms with E-state index in [0.29, 0.717) is 6.04 Å². The van der Waals surface area contributed by atoms with Crippen LogP contribution in [0.4, 0.5) is 5.69 Å². The number of benzene rings is 1. The van der Waals surface area contributed by atoms with Crippen LogP contribution in [0.2, 0.25) is 0 Å². The van der Waals surface area contributed by atoms with Gasteiger partial charge in [-0.3, -0.25) is 9.80 Å². The number of likely N-dealkylation sites (N-methyl/N-ethyl adjacent to an activating group) is 1. The van der Waals surface area contributed by atoms with E-state index < -0.39 is 0 Å². The molecule has 0 amide bonds. The van der Waals surface area contributed by atoms with Gasteiger partial charge in [-0.1, -0.05) is 25.1 Å². The minimum absolute atomic E-state index is 0.312. The van der Waals surface area contributed by atoms with Crippen LogP contribution >= 0.6 is 0 Å². The number of β-amino-alcohol motifs (C(OH)–C–C–N with tert-alkyl or cyclic N) is 1. The summed E-state index contributed by atoms with van der Waals surface area (Å²) >= 11 is 0. The Morgan fingerprint density at radius 3 is 2.71 bits per heavy atom. The predicted molar refractivity (Wildman–Crippen MR) is 97.5 cm³/mol. The fourth-order valence-electron chi connectivity index (χ4n) is 3.91. The summed E-state index contributed by atoms with van der Waals surface area (Å²) in [6, 6.07) is 9.11. The van der Waals surface area contributed by atoms with Crippen LogP contribution in [0.3, 0.4) is 0 Å². The summed E-state index contributed by atoms with van der Waals surface area (Å²) in [5, 5.41) is 10.6. The molecule has 0 unspecified atom stereocenters. The van der Waals surface area contributed by atoms with E-state index in [1.165, 1.54) is 11.3 Å². The number of aliphatic hydroxyl groups excluding tert-OH is 1. The van der Waals surface area contributed by atoms with Crippen LogP contribution in [-0.4, -0.2) is 80.0 Å². The maximum Gasteiger partial charge on any atom is 0.0794 e. The van der Waals surface area contributed by atoms with Gasteiger partial charge in [0.25, 0.3) is 0 Å². The van der Waals surface area contributed by atoms with Crippen molar-refractivity contribution in [2.75, 3.05) is 57.9 Å². The van der Waals surface area contributed by atoms with E-state index in [1.54, 1.807) is 0 Å². The SMILES string of the molecule is CC[C@H]1CN(C)c2ccccc2CN1C[C@@H](O)CN1CCOCC1. The fraction of sp³-hybridized carbons (Fsp3) is 0.684. The summed E-state index contributed by atoms with van der Waals surface area (Å²) in [6.07, 6.45) is 0.788. The number of hydrogen-bond acceptors (Lipinski definition) is 5. The lowest BCUT2D eigenvalue weighted by atomic mass is 10.1. The van der Waals surface area contributed by atoms with E-state index >= 15 is 0 Å². The molecule has 134 valence electrons. The van der Waals surface area contributed by atoms with Crippen molar-refractivity contribution in [3.05, 3.63) is 29.8 Å². The molecule has 24 heavy (non-hydrogen) atoms. The first-order valence-electron chi connectivity index (χ1n) is 9.18. The van der Waals surface area contributed by atoms with Crippen molar-refractivity contribution < 1.29 is 9.84 Å². The van der Waals surface area contributed by atoms with Gasteiger partial charge < -0.3 is 14.7 Å². The Hall–Kier alpha value is -1.14. The molecule has 2 atom stereocenters. The lowest BCUT2D eigenvalue weighted by molar-refractivity contribution is 0.00236. The third-order valence-corrected chi connectivity index (χ3v) is 5.27. The minimum Gasteiger partial charge on any atom is -0.390 e. The second-order valence-electron chi connectivity index (χ2n) is 7.07. The monoisotopic (exact) mass is 333 g/mol. The molecule has 1 aromatic carbocycles. The number of anilines is 1. The molecule has 5 heteroatoms. The van der Waals surface area contributed by atoms with Gasteiger partial charge in [-0.05, 0) is 18.1 Å². The van der Waals surface area contributed by atoms with E-state index in [1.807, 2.05) is 0 Å². The second kappa shape index (κ2) is 8.30. The van der Waals surface area contributed by atoms with Gasteiger partial charge in [0.05, 0.1) is 19.3 Å². The largest absolute Gasteiger partial charge is 0.390 e. The van der Waals surface area contributed by atoms with E-state index in [9.17, 15) is 5.11 Å². The number of para-hydroxylation sites is 1. The quantitative estimate of drug-likeness (QED) is 0.882. The third kappa shape index (κ3) is 4.28. The summed E-state index contributed by atoms with van der Waals surface area (Å²) in [6.45, 7) is 9.08. The van der Waals surface area contributed by atoms with Gasteiger partial charge >= 0.3 is 0 Å². The average Bonchev–Trinajstić information content (AvgIpc) is 2.72. The van der Waals surface area contributed by atoms with Crippen LogP contribution in [0.25, 0.3) is 0 Å². The van der Waals surface area contributed by atoms with Gasteiger partial charge in [0, 0.05) is 58.0 Å². The molecule has 5 nitrogen and oxygen atoms in total. The highest BCUT2D eigenvalue weighted by molar-refractivity contribution is 5.54. The number of ether oxygens (including phenoxy) is 1. The van der Waals surface area contributed by atoms with Gasteiger partial charge in [0.1, 0.15) is 0 Å². The summed E-state index contributed by atoms with van der Waals surface area (Å²) in [4.78, 5) is 7.14. The Bertz CT molecular complexity index is 519. The number of rotatable bonds is 5. The Balaban J connectivity index is 1.66. The van der Waals surface area contributed by atoms with Crippen molar-refractivity contribution >= 4 is 5.69 Å². The molecule has 0 bridgehead atoms. The number of aliphatic hydroxyl groups is 1. The Kier molecular flexibility index (Phi) is 6.11. The van der Waals surface area contributed by atoms with Crippen molar-refractivity contribution in [3.63, 3.8) is 0 Å². The first-order chi connectivity index (χ1) is 11.7. The van der Waals surface area contributed by atoms with E-state index in [-0.39, 0.29) is 6.10 Å². The highest BCUT2D eigenvalue weighted by Crippen LogP contribution is 2.27. The second-order valence-corrected chi connectivity index (χ2v) is 7.07. The average molecular weight is 333 g/mol. The normalized spacial score (nSPS) is 24.5. The van der Waals surface area contributed by atoms with Gasteiger partial charge in [-0.2, -0.15) is 0 Å². The highest BCUT2D eigenvalue weighted by Gasteiger charge is 2.27. The molecule has 3 rings (SSSR count). The van der Waals surface area contributed by atoms with Crippen LogP contribution in [-0.2, 0) is 11.3 Å². The number of nitrogens with zero attached hydrogens (tertiary/aromatic N) is 3.